The predicted molar refractivity (Wildman–Crippen MR) is 137 cm³/mol. The van der Waals surface area contributed by atoms with Crippen molar-refractivity contribution < 1.29 is 9.59 Å². The van der Waals surface area contributed by atoms with Gasteiger partial charge in [0.25, 0.3) is 17.4 Å². The summed E-state index contributed by atoms with van der Waals surface area (Å²) in [5.41, 5.74) is 2.03. The van der Waals surface area contributed by atoms with E-state index in [1.54, 1.807) is 0 Å². The average Bonchev–Trinajstić information content (AvgIpc) is 3.31. The maximum Gasteiger partial charge on any atom is 0.325 e. The van der Waals surface area contributed by atoms with Gasteiger partial charge in [0.2, 0.25) is 0 Å². The molecule has 2 aromatic heterocycles. The summed E-state index contributed by atoms with van der Waals surface area (Å²) >= 11 is 0. The minimum absolute atomic E-state index is 0.0525. The molecule has 4 N–H and O–H groups in total. The minimum Gasteiger partial charge on any atom is -0.349 e. The molecule has 3 heterocycles. The fraction of sp³-hybridized carbons (Fsp3) is 0.296. The van der Waals surface area contributed by atoms with Crippen LogP contribution in [0.5, 0.6) is 0 Å². The zero-order chi connectivity index (χ0) is 25.6. The average molecular weight is 499 g/mol. The second kappa shape index (κ2) is 8.88. The third kappa shape index (κ3) is 4.24. The van der Waals surface area contributed by atoms with E-state index in [9.17, 15) is 19.2 Å². The van der Waals surface area contributed by atoms with Gasteiger partial charge in [-0.25, -0.2) is 4.79 Å². The molecule has 1 saturated carbocycles. The Balaban J connectivity index is 1.07. The van der Waals surface area contributed by atoms with E-state index < -0.39 is 17.2 Å². The molecule has 1 spiro atoms. The molecule has 10 heteroatoms. The van der Waals surface area contributed by atoms with Gasteiger partial charge in [0, 0.05) is 36.1 Å². The fourth-order valence-corrected chi connectivity index (χ4v) is 5.58. The highest BCUT2D eigenvalue weighted by Crippen LogP contribution is 2.44. The molecule has 1 aliphatic carbocycles. The van der Waals surface area contributed by atoms with Crippen molar-refractivity contribution in [1.82, 2.24) is 30.4 Å². The standard InChI is InChI=1S/C27H26N6O4/c34-23(20-13-28-26(37)30-24(20)35)29-18-8-10-27(11-9-18)14-33(15-27)25(36)22-19-7-6-17(12-21(19)31-32-22)16-4-2-1-3-5-16/h1-7,12-13,18H,8-11,14-15H2,(H,29,34)(H,31,32)(H2,28,30,35,37). The monoisotopic (exact) mass is 498 g/mol. The fourth-order valence-electron chi connectivity index (χ4n) is 5.58. The highest BCUT2D eigenvalue weighted by atomic mass is 16.2. The van der Waals surface area contributed by atoms with Gasteiger partial charge in [-0.05, 0) is 48.9 Å². The van der Waals surface area contributed by atoms with Gasteiger partial charge in [0.1, 0.15) is 5.56 Å². The van der Waals surface area contributed by atoms with E-state index in [1.165, 1.54) is 0 Å². The highest BCUT2D eigenvalue weighted by molar-refractivity contribution is 6.05. The molecule has 6 rings (SSSR count). The van der Waals surface area contributed by atoms with Crippen molar-refractivity contribution in [3.05, 3.63) is 86.8 Å². The van der Waals surface area contributed by atoms with Crippen LogP contribution < -0.4 is 16.6 Å². The Morgan fingerprint density at radius 3 is 2.49 bits per heavy atom. The molecule has 1 aliphatic heterocycles. The highest BCUT2D eigenvalue weighted by Gasteiger charge is 2.47. The number of H-pyrrole nitrogens is 3. The molecule has 4 aromatic rings. The van der Waals surface area contributed by atoms with Gasteiger partial charge in [-0.15, -0.1) is 0 Å². The summed E-state index contributed by atoms with van der Waals surface area (Å²) in [6, 6.07) is 16.0. The molecule has 2 amide bonds. The Hall–Kier alpha value is -4.47. The molecule has 1 saturated heterocycles. The summed E-state index contributed by atoms with van der Waals surface area (Å²) < 4.78 is 0. The lowest BCUT2D eigenvalue weighted by Crippen LogP contribution is -2.60. The first-order valence-electron chi connectivity index (χ1n) is 12.4. The molecule has 0 atom stereocenters. The van der Waals surface area contributed by atoms with E-state index in [0.29, 0.717) is 18.8 Å². The van der Waals surface area contributed by atoms with E-state index in [0.717, 1.165) is 53.9 Å². The van der Waals surface area contributed by atoms with Crippen LogP contribution >= 0.6 is 0 Å². The van der Waals surface area contributed by atoms with Gasteiger partial charge < -0.3 is 15.2 Å². The van der Waals surface area contributed by atoms with Crippen LogP contribution in [0.4, 0.5) is 0 Å². The van der Waals surface area contributed by atoms with Crippen LogP contribution in [0, 0.1) is 5.41 Å². The van der Waals surface area contributed by atoms with E-state index in [-0.39, 0.29) is 22.9 Å². The first-order valence-corrected chi connectivity index (χ1v) is 12.4. The molecule has 2 fully saturated rings. The molecular formula is C27H26N6O4. The number of carbonyl (C=O) groups is 2. The van der Waals surface area contributed by atoms with Crippen molar-refractivity contribution >= 4 is 22.7 Å². The van der Waals surface area contributed by atoms with Crippen molar-refractivity contribution in [1.29, 1.82) is 0 Å². The second-order valence-corrected chi connectivity index (χ2v) is 10.1. The Morgan fingerprint density at radius 2 is 1.76 bits per heavy atom. The van der Waals surface area contributed by atoms with Crippen LogP contribution in [0.15, 0.2) is 64.3 Å². The van der Waals surface area contributed by atoms with Gasteiger partial charge in [0.05, 0.1) is 5.52 Å². The van der Waals surface area contributed by atoms with Gasteiger partial charge in [-0.2, -0.15) is 5.10 Å². The normalized spacial score (nSPS) is 17.0. The summed E-state index contributed by atoms with van der Waals surface area (Å²) in [5, 5.41) is 11.1. The zero-order valence-electron chi connectivity index (χ0n) is 20.0. The number of carbonyl (C=O) groups excluding carboxylic acids is 2. The SMILES string of the molecule is O=C(NC1CCC2(CC1)CN(C(=O)c1n[nH]c3cc(-c4ccccc4)ccc13)C2)c1c[nH]c(=O)[nH]c1=O. The van der Waals surface area contributed by atoms with Crippen molar-refractivity contribution in [2.75, 3.05) is 13.1 Å². The summed E-state index contributed by atoms with van der Waals surface area (Å²) in [6.45, 7) is 1.34. The van der Waals surface area contributed by atoms with Crippen LogP contribution in [0.3, 0.4) is 0 Å². The number of nitrogens with zero attached hydrogens (tertiary/aromatic N) is 2. The largest absolute Gasteiger partial charge is 0.349 e. The maximum absolute atomic E-state index is 13.2. The number of nitrogens with one attached hydrogen (secondary N) is 4. The number of aromatic amines is 3. The summed E-state index contributed by atoms with van der Waals surface area (Å²) in [5.74, 6) is -0.568. The molecule has 0 unspecified atom stereocenters. The molecule has 2 aromatic carbocycles. The predicted octanol–water partition coefficient (Wildman–Crippen LogP) is 2.42. The molecule has 188 valence electrons. The second-order valence-electron chi connectivity index (χ2n) is 10.1. The lowest BCUT2D eigenvalue weighted by atomic mass is 9.67. The molecule has 0 radical (unpaired) electrons. The third-order valence-electron chi connectivity index (χ3n) is 7.66. The number of aromatic nitrogens is 4. The van der Waals surface area contributed by atoms with E-state index in [2.05, 4.69) is 25.5 Å². The number of fused-ring (bicyclic) bond motifs is 1. The van der Waals surface area contributed by atoms with Crippen molar-refractivity contribution in [2.24, 2.45) is 5.41 Å². The quantitative estimate of drug-likeness (QED) is 0.342. The van der Waals surface area contributed by atoms with Crippen molar-refractivity contribution in [3.8, 4) is 11.1 Å². The van der Waals surface area contributed by atoms with Crippen LogP contribution in [-0.2, 0) is 0 Å². The smallest absolute Gasteiger partial charge is 0.325 e. The van der Waals surface area contributed by atoms with E-state index >= 15 is 0 Å². The van der Waals surface area contributed by atoms with Crippen LogP contribution in [-0.4, -0.2) is 56.0 Å². The summed E-state index contributed by atoms with van der Waals surface area (Å²) in [7, 11) is 0. The third-order valence-corrected chi connectivity index (χ3v) is 7.66. The Morgan fingerprint density at radius 1 is 1.00 bits per heavy atom. The lowest BCUT2D eigenvalue weighted by Gasteiger charge is -2.53. The topological polar surface area (TPSA) is 144 Å². The molecule has 0 bridgehead atoms. The molecule has 2 aliphatic rings. The van der Waals surface area contributed by atoms with Gasteiger partial charge in [-0.1, -0.05) is 36.4 Å². The van der Waals surface area contributed by atoms with E-state index in [4.69, 9.17) is 0 Å². The summed E-state index contributed by atoms with van der Waals surface area (Å²) in [4.78, 5) is 55.0. The van der Waals surface area contributed by atoms with Gasteiger partial charge in [0.15, 0.2) is 5.69 Å². The Labute approximate surface area is 211 Å². The van der Waals surface area contributed by atoms with Crippen molar-refractivity contribution in [3.63, 3.8) is 0 Å². The number of amides is 2. The molecule has 37 heavy (non-hydrogen) atoms. The van der Waals surface area contributed by atoms with Gasteiger partial charge >= 0.3 is 5.69 Å². The number of benzene rings is 2. The molecular weight excluding hydrogens is 472 g/mol. The number of rotatable bonds is 4. The Kier molecular flexibility index (Phi) is 5.51. The first kappa shape index (κ1) is 23.0. The van der Waals surface area contributed by atoms with Crippen molar-refractivity contribution in [2.45, 2.75) is 31.7 Å². The van der Waals surface area contributed by atoms with E-state index in [1.807, 2.05) is 53.4 Å². The van der Waals surface area contributed by atoms with Crippen LogP contribution in [0.25, 0.3) is 22.0 Å². The van der Waals surface area contributed by atoms with Gasteiger partial charge in [-0.3, -0.25) is 24.5 Å². The minimum atomic E-state index is -0.705. The number of hydrogen-bond donors (Lipinski definition) is 4. The van der Waals surface area contributed by atoms with Crippen LogP contribution in [0.2, 0.25) is 0 Å². The zero-order valence-corrected chi connectivity index (χ0v) is 20.0. The number of likely N-dealkylation sites (tertiary alicyclic amines) is 1. The maximum atomic E-state index is 13.2. The van der Waals surface area contributed by atoms with Crippen LogP contribution in [0.1, 0.15) is 46.5 Å². The first-order chi connectivity index (χ1) is 17.9. The molecule has 10 nitrogen and oxygen atoms in total. The summed E-state index contributed by atoms with van der Waals surface area (Å²) in [6.07, 6.45) is 4.43. The Bertz CT molecular complexity index is 1600. The number of hydrogen-bond acceptors (Lipinski definition) is 5. The lowest BCUT2D eigenvalue weighted by molar-refractivity contribution is -0.0200.